The summed E-state index contributed by atoms with van der Waals surface area (Å²) in [4.78, 5) is 11.6. The second-order valence-corrected chi connectivity index (χ2v) is 4.50. The summed E-state index contributed by atoms with van der Waals surface area (Å²) < 4.78 is 10.1. The normalized spacial score (nSPS) is 18.7. The van der Waals surface area contributed by atoms with Crippen molar-refractivity contribution in [2.45, 2.75) is 44.2 Å². The highest BCUT2D eigenvalue weighted by Gasteiger charge is 2.16. The Kier molecular flexibility index (Phi) is 6.96. The number of carbonyl (C=O) groups is 1. The molecule has 1 unspecified atom stereocenters. The van der Waals surface area contributed by atoms with E-state index in [0.717, 1.165) is 12.8 Å². The van der Waals surface area contributed by atoms with E-state index >= 15 is 0 Å². The number of rotatable bonds is 6. The zero-order chi connectivity index (χ0) is 12.5. The Morgan fingerprint density at radius 2 is 2.00 bits per heavy atom. The largest absolute Gasteiger partial charge is 0.382 e. The van der Waals surface area contributed by atoms with Crippen LogP contribution in [-0.2, 0) is 9.47 Å². The Hall–Kier alpha value is -0.810. The second kappa shape index (κ2) is 8.31. The van der Waals surface area contributed by atoms with Crippen LogP contribution in [0.25, 0.3) is 0 Å². The van der Waals surface area contributed by atoms with Gasteiger partial charge in [0.05, 0.1) is 12.7 Å². The number of methoxy groups -OCH3 is 2. The predicted molar refractivity (Wildman–Crippen MR) is 66.1 cm³/mol. The molecule has 0 aliphatic heterocycles. The summed E-state index contributed by atoms with van der Waals surface area (Å²) in [7, 11) is 3.23. The Bertz CT molecular complexity index is 218. The van der Waals surface area contributed by atoms with Crippen LogP contribution >= 0.6 is 0 Å². The molecule has 1 aliphatic rings. The molecule has 1 saturated carbocycles. The van der Waals surface area contributed by atoms with Gasteiger partial charge in [0.2, 0.25) is 0 Å². The highest BCUT2D eigenvalue weighted by molar-refractivity contribution is 5.74. The molecule has 0 aromatic heterocycles. The topological polar surface area (TPSA) is 59.6 Å². The van der Waals surface area contributed by atoms with E-state index in [-0.39, 0.29) is 12.1 Å². The monoisotopic (exact) mass is 244 g/mol. The minimum Gasteiger partial charge on any atom is -0.382 e. The average Bonchev–Trinajstić information content (AvgIpc) is 2.35. The van der Waals surface area contributed by atoms with Gasteiger partial charge in [-0.3, -0.25) is 0 Å². The molecule has 0 bridgehead atoms. The van der Waals surface area contributed by atoms with Gasteiger partial charge in [-0.05, 0) is 12.8 Å². The van der Waals surface area contributed by atoms with Crippen molar-refractivity contribution in [1.82, 2.24) is 10.6 Å². The van der Waals surface area contributed by atoms with E-state index in [1.807, 2.05) is 0 Å². The number of hydrogen-bond donors (Lipinski definition) is 2. The molecule has 2 amide bonds. The van der Waals surface area contributed by atoms with E-state index < -0.39 is 0 Å². The molecule has 17 heavy (non-hydrogen) atoms. The highest BCUT2D eigenvalue weighted by Crippen LogP contribution is 2.17. The zero-order valence-corrected chi connectivity index (χ0v) is 10.8. The van der Waals surface area contributed by atoms with Gasteiger partial charge in [-0.25, -0.2) is 4.79 Å². The molecule has 1 fully saturated rings. The molecule has 5 nitrogen and oxygen atoms in total. The van der Waals surface area contributed by atoms with E-state index in [9.17, 15) is 4.79 Å². The van der Waals surface area contributed by atoms with E-state index in [1.54, 1.807) is 14.2 Å². The maximum atomic E-state index is 11.6. The van der Waals surface area contributed by atoms with Gasteiger partial charge in [0.15, 0.2) is 0 Å². The standard InChI is InChI=1S/C12H24N2O3/c1-16-9-11(17-2)8-13-12(15)14-10-6-4-3-5-7-10/h10-11H,3-9H2,1-2H3,(H2,13,14,15). The fourth-order valence-electron chi connectivity index (χ4n) is 2.09. The van der Waals surface area contributed by atoms with Crippen molar-refractivity contribution in [1.29, 1.82) is 0 Å². The fraction of sp³-hybridized carbons (Fsp3) is 0.917. The molecule has 0 spiro atoms. The first-order valence-corrected chi connectivity index (χ1v) is 6.32. The van der Waals surface area contributed by atoms with E-state index in [4.69, 9.17) is 9.47 Å². The van der Waals surface area contributed by atoms with Crippen LogP contribution in [0.1, 0.15) is 32.1 Å². The maximum absolute atomic E-state index is 11.6. The second-order valence-electron chi connectivity index (χ2n) is 4.50. The van der Waals surface area contributed by atoms with Gasteiger partial charge < -0.3 is 20.1 Å². The summed E-state index contributed by atoms with van der Waals surface area (Å²) in [5, 5.41) is 5.80. The molecule has 1 rings (SSSR count). The number of carbonyl (C=O) groups excluding carboxylic acids is 1. The van der Waals surface area contributed by atoms with Crippen LogP contribution in [0.2, 0.25) is 0 Å². The number of hydrogen-bond acceptors (Lipinski definition) is 3. The predicted octanol–water partition coefficient (Wildman–Crippen LogP) is 1.28. The summed E-state index contributed by atoms with van der Waals surface area (Å²) >= 11 is 0. The maximum Gasteiger partial charge on any atom is 0.315 e. The van der Waals surface area contributed by atoms with Gasteiger partial charge in [0, 0.05) is 26.8 Å². The van der Waals surface area contributed by atoms with Gasteiger partial charge >= 0.3 is 6.03 Å². The molecule has 0 aromatic carbocycles. The number of urea groups is 1. The van der Waals surface area contributed by atoms with Gasteiger partial charge in [-0.1, -0.05) is 19.3 Å². The minimum atomic E-state index is -0.102. The Morgan fingerprint density at radius 1 is 1.29 bits per heavy atom. The number of amides is 2. The average molecular weight is 244 g/mol. The van der Waals surface area contributed by atoms with Crippen LogP contribution in [0, 0.1) is 0 Å². The fourth-order valence-corrected chi connectivity index (χ4v) is 2.09. The summed E-state index contributed by atoms with van der Waals surface area (Å²) in [5.41, 5.74) is 0. The van der Waals surface area contributed by atoms with E-state index in [0.29, 0.717) is 19.2 Å². The van der Waals surface area contributed by atoms with Crippen LogP contribution in [-0.4, -0.2) is 45.5 Å². The van der Waals surface area contributed by atoms with E-state index in [1.165, 1.54) is 19.3 Å². The van der Waals surface area contributed by atoms with Gasteiger partial charge in [0.1, 0.15) is 0 Å². The summed E-state index contributed by atoms with van der Waals surface area (Å²) in [6.07, 6.45) is 5.83. The quantitative estimate of drug-likeness (QED) is 0.740. The molecule has 0 heterocycles. The molecule has 1 aliphatic carbocycles. The lowest BCUT2D eigenvalue weighted by Gasteiger charge is -2.23. The SMILES string of the molecule is COCC(CNC(=O)NC1CCCCC1)OC. The first-order chi connectivity index (χ1) is 8.26. The van der Waals surface area contributed by atoms with Crippen molar-refractivity contribution in [3.05, 3.63) is 0 Å². The van der Waals surface area contributed by atoms with Crippen molar-refractivity contribution in [3.8, 4) is 0 Å². The molecule has 0 aromatic rings. The molecule has 5 heteroatoms. The van der Waals surface area contributed by atoms with Crippen LogP contribution < -0.4 is 10.6 Å². The first kappa shape index (κ1) is 14.3. The Labute approximate surface area is 103 Å². The van der Waals surface area contributed by atoms with Crippen LogP contribution in [0.15, 0.2) is 0 Å². The van der Waals surface area contributed by atoms with Crippen molar-refractivity contribution in [2.75, 3.05) is 27.4 Å². The van der Waals surface area contributed by atoms with E-state index in [2.05, 4.69) is 10.6 Å². The number of nitrogens with one attached hydrogen (secondary N) is 2. The lowest BCUT2D eigenvalue weighted by Crippen LogP contribution is -2.46. The van der Waals surface area contributed by atoms with Crippen LogP contribution in [0.5, 0.6) is 0 Å². The van der Waals surface area contributed by atoms with Crippen molar-refractivity contribution in [2.24, 2.45) is 0 Å². The first-order valence-electron chi connectivity index (χ1n) is 6.32. The summed E-state index contributed by atoms with van der Waals surface area (Å²) in [6, 6.07) is 0.238. The Morgan fingerprint density at radius 3 is 2.59 bits per heavy atom. The van der Waals surface area contributed by atoms with Gasteiger partial charge in [0.25, 0.3) is 0 Å². The summed E-state index contributed by atoms with van der Waals surface area (Å²) in [6.45, 7) is 0.961. The molecule has 0 radical (unpaired) electrons. The highest BCUT2D eigenvalue weighted by atomic mass is 16.5. The molecular weight excluding hydrogens is 220 g/mol. The van der Waals surface area contributed by atoms with Crippen molar-refractivity contribution in [3.63, 3.8) is 0 Å². The summed E-state index contributed by atoms with van der Waals surface area (Å²) in [5.74, 6) is 0. The zero-order valence-electron chi connectivity index (χ0n) is 10.8. The molecule has 100 valence electrons. The Balaban J connectivity index is 2.14. The number of ether oxygens (including phenoxy) is 2. The lowest BCUT2D eigenvalue weighted by molar-refractivity contribution is 0.0303. The minimum absolute atomic E-state index is 0.0860. The lowest BCUT2D eigenvalue weighted by atomic mass is 9.96. The third-order valence-corrected chi connectivity index (χ3v) is 3.12. The molecule has 1 atom stereocenters. The van der Waals surface area contributed by atoms with Crippen LogP contribution in [0.4, 0.5) is 4.79 Å². The third-order valence-electron chi connectivity index (χ3n) is 3.12. The van der Waals surface area contributed by atoms with Gasteiger partial charge in [-0.15, -0.1) is 0 Å². The molecule has 0 saturated heterocycles. The molecule has 2 N–H and O–H groups in total. The smallest absolute Gasteiger partial charge is 0.315 e. The molecular formula is C12H24N2O3. The van der Waals surface area contributed by atoms with Crippen molar-refractivity contribution >= 4 is 6.03 Å². The third kappa shape index (κ3) is 5.89. The van der Waals surface area contributed by atoms with Crippen molar-refractivity contribution < 1.29 is 14.3 Å². The van der Waals surface area contributed by atoms with Gasteiger partial charge in [-0.2, -0.15) is 0 Å². The van der Waals surface area contributed by atoms with Crippen LogP contribution in [0.3, 0.4) is 0 Å².